The van der Waals surface area contributed by atoms with Crippen LogP contribution in [0.1, 0.15) is 13.3 Å². The lowest BCUT2D eigenvalue weighted by Crippen LogP contribution is -2.08. The van der Waals surface area contributed by atoms with E-state index in [1.165, 1.54) is 0 Å². The quantitative estimate of drug-likeness (QED) is 0.784. The number of nitrogens with one attached hydrogen (secondary N) is 1. The van der Waals surface area contributed by atoms with Crippen LogP contribution in [0.15, 0.2) is 18.2 Å². The van der Waals surface area contributed by atoms with Crippen LogP contribution in [0, 0.1) is 0 Å². The Labute approximate surface area is 91.2 Å². The van der Waals surface area contributed by atoms with E-state index in [0.29, 0.717) is 22.2 Å². The summed E-state index contributed by atoms with van der Waals surface area (Å²) in [6.07, 6.45) is 0.861. The fourth-order valence-electron chi connectivity index (χ4n) is 0.980. The molecule has 1 rings (SSSR count). The number of nitrogen functional groups attached to an aromatic ring is 1. The Hall–Kier alpha value is -0.740. The average molecular weight is 233 g/mol. The Kier molecular flexibility index (Phi) is 4.22. The van der Waals surface area contributed by atoms with Crippen molar-refractivity contribution in [3.63, 3.8) is 0 Å². The van der Waals surface area contributed by atoms with E-state index in [0.717, 1.165) is 6.42 Å². The van der Waals surface area contributed by atoms with Crippen molar-refractivity contribution in [1.82, 2.24) is 0 Å². The molecule has 0 bridgehead atoms. The second kappa shape index (κ2) is 5.22. The molecule has 0 aliphatic heterocycles. The highest BCUT2D eigenvalue weighted by atomic mass is 35.5. The first-order chi connectivity index (χ1) is 6.63. The van der Waals surface area contributed by atoms with Crippen LogP contribution in [0.25, 0.3) is 0 Å². The lowest BCUT2D eigenvalue weighted by Gasteiger charge is -2.07. The molecule has 0 spiro atoms. The summed E-state index contributed by atoms with van der Waals surface area (Å²) in [4.78, 5) is 0. The molecule has 0 saturated heterocycles. The van der Waals surface area contributed by atoms with Crippen molar-refractivity contribution in [2.75, 3.05) is 16.2 Å². The van der Waals surface area contributed by atoms with E-state index in [4.69, 9.17) is 17.3 Å². The highest BCUT2D eigenvalue weighted by molar-refractivity contribution is 7.86. The van der Waals surface area contributed by atoms with Gasteiger partial charge in [-0.2, -0.15) is 0 Å². The smallest absolute Gasteiger partial charge is 0.117 e. The molecule has 1 aromatic rings. The van der Waals surface area contributed by atoms with Gasteiger partial charge in [-0.15, -0.1) is 0 Å². The summed E-state index contributed by atoms with van der Waals surface area (Å²) in [7, 11) is -1.08. The molecule has 78 valence electrons. The normalized spacial score (nSPS) is 12.4. The molecule has 0 fully saturated rings. The number of hydrogen-bond acceptors (Lipinski definition) is 2. The predicted octanol–water partition coefficient (Wildman–Crippen LogP) is 2.41. The number of nitrogens with two attached hydrogens (primary N) is 1. The number of rotatable bonds is 4. The summed E-state index contributed by atoms with van der Waals surface area (Å²) in [5.41, 5.74) is 6.81. The van der Waals surface area contributed by atoms with Gasteiger partial charge in [0.2, 0.25) is 0 Å². The van der Waals surface area contributed by atoms with Crippen LogP contribution in [-0.2, 0) is 11.0 Å². The molecule has 0 aliphatic carbocycles. The van der Waals surface area contributed by atoms with Crippen LogP contribution in [0.4, 0.5) is 11.4 Å². The fraction of sp³-hybridized carbons (Fsp3) is 0.333. The molecule has 3 nitrogen and oxygen atoms in total. The van der Waals surface area contributed by atoms with E-state index < -0.39 is 11.0 Å². The summed E-state index contributed by atoms with van der Waals surface area (Å²) in [6, 6.07) is 5.06. The molecule has 14 heavy (non-hydrogen) atoms. The van der Waals surface area contributed by atoms with Crippen LogP contribution < -0.4 is 10.5 Å². The highest BCUT2D eigenvalue weighted by Crippen LogP contribution is 2.24. The third kappa shape index (κ3) is 3.20. The Morgan fingerprint density at radius 3 is 2.93 bits per heavy atom. The zero-order valence-corrected chi connectivity index (χ0v) is 9.49. The zero-order valence-electron chi connectivity index (χ0n) is 7.92. The largest absolute Gasteiger partial charge is 0.399 e. The monoisotopic (exact) mass is 232 g/mol. The number of hydrogen-bond donors (Lipinski definition) is 2. The van der Waals surface area contributed by atoms with Crippen LogP contribution in [0.5, 0.6) is 0 Å². The van der Waals surface area contributed by atoms with Crippen molar-refractivity contribution in [3.05, 3.63) is 23.2 Å². The second-order valence-electron chi connectivity index (χ2n) is 2.89. The van der Waals surface area contributed by atoms with E-state index in [9.17, 15) is 4.21 Å². The minimum atomic E-state index is -1.08. The van der Waals surface area contributed by atoms with E-state index >= 15 is 0 Å². The predicted molar refractivity (Wildman–Crippen MR) is 62.8 cm³/mol. The molecule has 0 aromatic heterocycles. The summed E-state index contributed by atoms with van der Waals surface area (Å²) in [5.74, 6) is 0.602. The molecule has 5 heteroatoms. The maximum absolute atomic E-state index is 11.4. The van der Waals surface area contributed by atoms with Gasteiger partial charge in [-0.05, 0) is 24.6 Å². The maximum Gasteiger partial charge on any atom is 0.117 e. The van der Waals surface area contributed by atoms with Gasteiger partial charge in [0, 0.05) is 11.4 Å². The lowest BCUT2D eigenvalue weighted by atomic mass is 10.3. The molecular weight excluding hydrogens is 220 g/mol. The molecule has 0 amide bonds. The Morgan fingerprint density at radius 1 is 1.57 bits per heavy atom. The van der Waals surface area contributed by atoms with Crippen molar-refractivity contribution < 1.29 is 4.21 Å². The maximum atomic E-state index is 11.4. The summed E-state index contributed by atoms with van der Waals surface area (Å²) in [6.45, 7) is 1.97. The van der Waals surface area contributed by atoms with Crippen LogP contribution in [0.2, 0.25) is 5.02 Å². The SMILES string of the molecule is CCCS(=O)Nc1cc(N)ccc1Cl. The summed E-state index contributed by atoms with van der Waals surface area (Å²) < 4.78 is 14.2. The fourth-order valence-corrected chi connectivity index (χ4v) is 2.09. The van der Waals surface area contributed by atoms with Gasteiger partial charge in [0.1, 0.15) is 11.0 Å². The molecule has 1 aromatic carbocycles. The molecular formula is C9H13ClN2OS. The van der Waals surface area contributed by atoms with Crippen molar-refractivity contribution in [1.29, 1.82) is 0 Å². The van der Waals surface area contributed by atoms with Gasteiger partial charge in [-0.1, -0.05) is 18.5 Å². The Balaban J connectivity index is 2.75. The summed E-state index contributed by atoms with van der Waals surface area (Å²) in [5, 5.41) is 0.531. The Morgan fingerprint density at radius 2 is 2.29 bits per heavy atom. The molecule has 3 N–H and O–H groups in total. The minimum Gasteiger partial charge on any atom is -0.399 e. The lowest BCUT2D eigenvalue weighted by molar-refractivity contribution is 0.685. The van der Waals surface area contributed by atoms with Crippen LogP contribution in [-0.4, -0.2) is 9.96 Å². The molecule has 0 radical (unpaired) electrons. The molecule has 0 saturated carbocycles. The van der Waals surface area contributed by atoms with E-state index in [2.05, 4.69) is 4.72 Å². The van der Waals surface area contributed by atoms with Crippen molar-refractivity contribution in [3.8, 4) is 0 Å². The molecule has 1 unspecified atom stereocenters. The van der Waals surface area contributed by atoms with E-state index in [1.54, 1.807) is 18.2 Å². The standard InChI is InChI=1S/C9H13ClN2OS/c1-2-5-14(13)12-9-6-7(11)3-4-8(9)10/h3-4,6,12H,2,5,11H2,1H3. The van der Waals surface area contributed by atoms with Crippen molar-refractivity contribution in [2.45, 2.75) is 13.3 Å². The van der Waals surface area contributed by atoms with Gasteiger partial charge < -0.3 is 10.5 Å². The third-order valence-electron chi connectivity index (χ3n) is 1.60. The first-order valence-corrected chi connectivity index (χ1v) is 6.03. The highest BCUT2D eigenvalue weighted by Gasteiger charge is 2.03. The topological polar surface area (TPSA) is 55.1 Å². The minimum absolute atomic E-state index is 0.531. The summed E-state index contributed by atoms with van der Waals surface area (Å²) >= 11 is 5.89. The van der Waals surface area contributed by atoms with Gasteiger partial charge >= 0.3 is 0 Å². The third-order valence-corrected chi connectivity index (χ3v) is 3.16. The van der Waals surface area contributed by atoms with Crippen LogP contribution in [0.3, 0.4) is 0 Å². The number of anilines is 2. The van der Waals surface area contributed by atoms with Gasteiger partial charge in [-0.3, -0.25) is 0 Å². The van der Waals surface area contributed by atoms with E-state index in [1.807, 2.05) is 6.92 Å². The first kappa shape index (κ1) is 11.3. The Bertz CT molecular complexity index is 344. The number of benzene rings is 1. The second-order valence-corrected chi connectivity index (χ2v) is 4.60. The van der Waals surface area contributed by atoms with Gasteiger partial charge in [0.25, 0.3) is 0 Å². The first-order valence-electron chi connectivity index (χ1n) is 4.33. The van der Waals surface area contributed by atoms with Gasteiger partial charge in [0.05, 0.1) is 10.7 Å². The van der Waals surface area contributed by atoms with Crippen molar-refractivity contribution in [2.24, 2.45) is 0 Å². The van der Waals surface area contributed by atoms with Gasteiger partial charge in [0.15, 0.2) is 0 Å². The van der Waals surface area contributed by atoms with Crippen LogP contribution >= 0.6 is 11.6 Å². The molecule has 1 atom stereocenters. The van der Waals surface area contributed by atoms with Crippen molar-refractivity contribution >= 4 is 34.0 Å². The zero-order chi connectivity index (χ0) is 10.6. The van der Waals surface area contributed by atoms with E-state index in [-0.39, 0.29) is 0 Å². The molecule has 0 heterocycles. The average Bonchev–Trinajstić information content (AvgIpc) is 2.12. The number of halogens is 1. The van der Waals surface area contributed by atoms with Gasteiger partial charge in [-0.25, -0.2) is 4.21 Å². The molecule has 0 aliphatic rings.